The minimum atomic E-state index is -0.376. The van der Waals surface area contributed by atoms with Crippen molar-refractivity contribution in [2.75, 3.05) is 6.54 Å². The fourth-order valence-electron chi connectivity index (χ4n) is 4.73. The van der Waals surface area contributed by atoms with Gasteiger partial charge in [-0.25, -0.2) is 0 Å². The molecule has 0 spiro atoms. The first-order chi connectivity index (χ1) is 15.7. The van der Waals surface area contributed by atoms with Gasteiger partial charge in [0.15, 0.2) is 5.82 Å². The van der Waals surface area contributed by atoms with E-state index >= 15 is 0 Å². The molecule has 1 fully saturated rings. The molecule has 2 heterocycles. The van der Waals surface area contributed by atoms with Gasteiger partial charge in [0, 0.05) is 25.4 Å². The number of H-pyrrole nitrogens is 1. The van der Waals surface area contributed by atoms with Gasteiger partial charge in [-0.2, -0.15) is 5.21 Å². The van der Waals surface area contributed by atoms with Crippen LogP contribution in [-0.4, -0.2) is 55.2 Å². The smallest absolute Gasteiger partial charge is 0.222 e. The Bertz CT molecular complexity index is 991. The number of nitrogens with zero attached hydrogens (tertiary/aromatic N) is 4. The molecule has 1 aromatic heterocycles. The lowest BCUT2D eigenvalue weighted by Crippen LogP contribution is -2.34. The van der Waals surface area contributed by atoms with Gasteiger partial charge >= 0.3 is 0 Å². The summed E-state index contributed by atoms with van der Waals surface area (Å²) in [6.07, 6.45) is 8.55. The van der Waals surface area contributed by atoms with Crippen molar-refractivity contribution in [2.24, 2.45) is 0 Å². The molecule has 1 saturated heterocycles. The Morgan fingerprint density at radius 3 is 2.78 bits per heavy atom. The first kappa shape index (κ1) is 22.4. The summed E-state index contributed by atoms with van der Waals surface area (Å²) in [6.45, 7) is 0.826. The van der Waals surface area contributed by atoms with Crippen LogP contribution in [0, 0.1) is 0 Å². The fraction of sp³-hybridized carbons (Fsp3) is 0.520. The number of benzene rings is 2. The van der Waals surface area contributed by atoms with Crippen molar-refractivity contribution in [3.63, 3.8) is 0 Å². The molecule has 7 nitrogen and oxygen atoms in total. The molecule has 0 radical (unpaired) electrons. The molecule has 2 atom stereocenters. The molecule has 1 amide bonds. The molecule has 7 heteroatoms. The highest BCUT2D eigenvalue weighted by atomic mass is 16.3. The van der Waals surface area contributed by atoms with E-state index < -0.39 is 0 Å². The molecule has 1 unspecified atom stereocenters. The van der Waals surface area contributed by atoms with Crippen molar-refractivity contribution in [1.82, 2.24) is 25.5 Å². The van der Waals surface area contributed by atoms with Crippen LogP contribution in [0.1, 0.15) is 62.8 Å². The molecule has 2 aromatic carbocycles. The lowest BCUT2D eigenvalue weighted by atomic mass is 9.98. The number of rotatable bonds is 12. The summed E-state index contributed by atoms with van der Waals surface area (Å²) in [6, 6.07) is 15.0. The summed E-state index contributed by atoms with van der Waals surface area (Å²) in [5.41, 5.74) is 1.16. The lowest BCUT2D eigenvalue weighted by Gasteiger charge is -2.26. The number of amides is 1. The van der Waals surface area contributed by atoms with Gasteiger partial charge in [-0.15, -0.1) is 10.2 Å². The number of unbranched alkanes of at least 4 members (excludes halogenated alkanes) is 3. The van der Waals surface area contributed by atoms with Gasteiger partial charge < -0.3 is 10.0 Å². The summed E-state index contributed by atoms with van der Waals surface area (Å²) >= 11 is 0. The molecule has 32 heavy (non-hydrogen) atoms. The number of hydrogen-bond donors (Lipinski definition) is 2. The second-order valence-electron chi connectivity index (χ2n) is 8.89. The van der Waals surface area contributed by atoms with E-state index in [-0.39, 0.29) is 18.1 Å². The van der Waals surface area contributed by atoms with E-state index in [2.05, 4.69) is 55.9 Å². The Hall–Kier alpha value is -2.80. The van der Waals surface area contributed by atoms with Crippen molar-refractivity contribution >= 4 is 16.7 Å². The first-order valence-electron chi connectivity index (χ1n) is 11.9. The number of aromatic nitrogens is 4. The third-order valence-electron chi connectivity index (χ3n) is 6.51. The van der Waals surface area contributed by atoms with Crippen molar-refractivity contribution in [1.29, 1.82) is 0 Å². The third-order valence-corrected chi connectivity index (χ3v) is 6.51. The first-order valence-corrected chi connectivity index (χ1v) is 11.9. The summed E-state index contributed by atoms with van der Waals surface area (Å²) in [5.74, 6) is 1.04. The number of tetrazole rings is 1. The quantitative estimate of drug-likeness (QED) is 0.422. The number of carbonyl (C=O) groups is 1. The number of fused-ring (bicyclic) bond motifs is 1. The summed E-state index contributed by atoms with van der Waals surface area (Å²) in [5, 5.41) is 27.0. The number of hydrogen-bond acceptors (Lipinski definition) is 5. The largest absolute Gasteiger partial charge is 0.393 e. The van der Waals surface area contributed by atoms with Crippen molar-refractivity contribution in [3.05, 3.63) is 53.9 Å². The van der Waals surface area contributed by atoms with Gasteiger partial charge in [0.25, 0.3) is 0 Å². The highest BCUT2D eigenvalue weighted by molar-refractivity contribution is 5.83. The van der Waals surface area contributed by atoms with Crippen LogP contribution in [0.2, 0.25) is 0 Å². The molecular weight excluding hydrogens is 402 g/mol. The Morgan fingerprint density at radius 1 is 1.09 bits per heavy atom. The normalized spacial score (nSPS) is 17.3. The predicted octanol–water partition coefficient (Wildman–Crippen LogP) is 3.83. The molecule has 1 aliphatic rings. The number of aromatic amines is 1. The number of likely N-dealkylation sites (tertiary alicyclic amines) is 1. The molecule has 0 aliphatic carbocycles. The Kier molecular flexibility index (Phi) is 7.82. The van der Waals surface area contributed by atoms with E-state index in [0.29, 0.717) is 12.8 Å². The zero-order valence-electron chi connectivity index (χ0n) is 18.6. The number of carbonyl (C=O) groups excluding carboxylic acids is 1. The van der Waals surface area contributed by atoms with Crippen LogP contribution in [0.4, 0.5) is 0 Å². The average Bonchev–Trinajstić information content (AvgIpc) is 3.44. The number of nitrogens with one attached hydrogen (secondary N) is 1. The maximum absolute atomic E-state index is 12.4. The highest BCUT2D eigenvalue weighted by Gasteiger charge is 2.30. The van der Waals surface area contributed by atoms with Crippen LogP contribution < -0.4 is 0 Å². The van der Waals surface area contributed by atoms with Crippen LogP contribution in [-0.2, 0) is 17.6 Å². The molecular formula is C25H33N5O2. The topological polar surface area (TPSA) is 95.0 Å². The highest BCUT2D eigenvalue weighted by Crippen LogP contribution is 2.25. The van der Waals surface area contributed by atoms with Crippen LogP contribution in [0.5, 0.6) is 0 Å². The lowest BCUT2D eigenvalue weighted by molar-refractivity contribution is -0.129. The standard InChI is InChI=1S/C25H33N5O2/c31-23(18-19-10-11-20-7-4-5-8-21(20)17-19)14-12-22-13-15-25(32)30(22)16-6-2-1-3-9-24-26-28-29-27-24/h4-5,7-8,10-11,17,22-23,31H,1-3,6,9,12-16,18H2,(H,26,27,28,29)/t22-,23?/m0/s1. The second-order valence-corrected chi connectivity index (χ2v) is 8.89. The van der Waals surface area contributed by atoms with Gasteiger partial charge in [-0.1, -0.05) is 60.5 Å². The fourth-order valence-corrected chi connectivity index (χ4v) is 4.73. The molecule has 2 N–H and O–H groups in total. The van der Waals surface area contributed by atoms with Gasteiger partial charge in [0.1, 0.15) is 0 Å². The second kappa shape index (κ2) is 11.2. The van der Waals surface area contributed by atoms with E-state index in [1.807, 2.05) is 12.1 Å². The van der Waals surface area contributed by atoms with E-state index in [1.54, 1.807) is 0 Å². The van der Waals surface area contributed by atoms with E-state index in [4.69, 9.17) is 0 Å². The molecule has 0 bridgehead atoms. The van der Waals surface area contributed by atoms with Crippen LogP contribution in [0.25, 0.3) is 10.8 Å². The summed E-state index contributed by atoms with van der Waals surface area (Å²) in [4.78, 5) is 14.4. The van der Waals surface area contributed by atoms with Gasteiger partial charge in [-0.3, -0.25) is 4.79 Å². The SMILES string of the molecule is O=C1CC[C@H](CCC(O)Cc2ccc3ccccc3c2)N1CCCCCCc1nn[nH]n1. The van der Waals surface area contributed by atoms with Gasteiger partial charge in [-0.05, 0) is 54.9 Å². The Morgan fingerprint density at radius 2 is 1.94 bits per heavy atom. The number of aliphatic hydroxyl groups excluding tert-OH is 1. The minimum Gasteiger partial charge on any atom is -0.393 e. The third kappa shape index (κ3) is 6.13. The maximum Gasteiger partial charge on any atom is 0.222 e. The molecule has 1 aliphatic heterocycles. The molecule has 170 valence electrons. The monoisotopic (exact) mass is 435 g/mol. The molecule has 4 rings (SSSR count). The number of aryl methyl sites for hydroxylation is 1. The molecule has 0 saturated carbocycles. The van der Waals surface area contributed by atoms with E-state index in [1.165, 1.54) is 10.8 Å². The van der Waals surface area contributed by atoms with Crippen LogP contribution >= 0.6 is 0 Å². The van der Waals surface area contributed by atoms with E-state index in [9.17, 15) is 9.90 Å². The van der Waals surface area contributed by atoms with Crippen molar-refractivity contribution in [3.8, 4) is 0 Å². The summed E-state index contributed by atoms with van der Waals surface area (Å²) < 4.78 is 0. The number of aliphatic hydroxyl groups is 1. The summed E-state index contributed by atoms with van der Waals surface area (Å²) in [7, 11) is 0. The van der Waals surface area contributed by atoms with E-state index in [0.717, 1.165) is 69.3 Å². The van der Waals surface area contributed by atoms with Crippen LogP contribution in [0.3, 0.4) is 0 Å². The van der Waals surface area contributed by atoms with Crippen LogP contribution in [0.15, 0.2) is 42.5 Å². The van der Waals surface area contributed by atoms with Gasteiger partial charge in [0.05, 0.1) is 6.10 Å². The van der Waals surface area contributed by atoms with Gasteiger partial charge in [0.2, 0.25) is 5.91 Å². The zero-order chi connectivity index (χ0) is 22.2. The Labute approximate surface area is 189 Å². The molecule has 3 aromatic rings. The minimum absolute atomic E-state index is 0.269. The Balaban J connectivity index is 1.17. The maximum atomic E-state index is 12.4. The van der Waals surface area contributed by atoms with Crippen molar-refractivity contribution in [2.45, 2.75) is 76.4 Å². The predicted molar refractivity (Wildman–Crippen MR) is 124 cm³/mol. The van der Waals surface area contributed by atoms with Crippen molar-refractivity contribution < 1.29 is 9.90 Å². The average molecular weight is 436 g/mol. The zero-order valence-corrected chi connectivity index (χ0v) is 18.6.